The van der Waals surface area contributed by atoms with E-state index in [1.54, 1.807) is 19.4 Å². The first-order chi connectivity index (χ1) is 11.3. The van der Waals surface area contributed by atoms with Crippen LogP contribution in [0.1, 0.15) is 5.69 Å². The SMILES string of the molecule is COCCNCC(=O)Nc1cccc(OCc2ccccn2)c1.Cl.Cl. The smallest absolute Gasteiger partial charge is 0.238 e. The molecule has 1 aromatic carbocycles. The quantitative estimate of drug-likeness (QED) is 0.647. The van der Waals surface area contributed by atoms with Gasteiger partial charge in [-0.05, 0) is 24.3 Å². The van der Waals surface area contributed by atoms with Gasteiger partial charge in [0.05, 0.1) is 18.8 Å². The van der Waals surface area contributed by atoms with Gasteiger partial charge in [-0.2, -0.15) is 0 Å². The summed E-state index contributed by atoms with van der Waals surface area (Å²) in [4.78, 5) is 16.0. The van der Waals surface area contributed by atoms with Crippen molar-refractivity contribution in [2.24, 2.45) is 0 Å². The maximum atomic E-state index is 11.8. The zero-order valence-corrected chi connectivity index (χ0v) is 15.6. The molecule has 1 aromatic heterocycles. The van der Waals surface area contributed by atoms with Crippen molar-refractivity contribution in [1.82, 2.24) is 10.3 Å². The Balaban J connectivity index is 0.00000288. The van der Waals surface area contributed by atoms with Crippen LogP contribution >= 0.6 is 24.8 Å². The summed E-state index contributed by atoms with van der Waals surface area (Å²) in [6.07, 6.45) is 1.73. The number of benzene rings is 1. The van der Waals surface area contributed by atoms with Gasteiger partial charge in [-0.1, -0.05) is 12.1 Å². The van der Waals surface area contributed by atoms with Gasteiger partial charge in [-0.3, -0.25) is 9.78 Å². The van der Waals surface area contributed by atoms with Crippen LogP contribution in [0.15, 0.2) is 48.7 Å². The molecule has 2 aromatic rings. The molecule has 0 saturated carbocycles. The molecule has 6 nitrogen and oxygen atoms in total. The van der Waals surface area contributed by atoms with Gasteiger partial charge in [-0.25, -0.2) is 0 Å². The number of hydrogen-bond donors (Lipinski definition) is 2. The number of amides is 1. The molecule has 25 heavy (non-hydrogen) atoms. The van der Waals surface area contributed by atoms with Gasteiger partial charge in [0.1, 0.15) is 12.4 Å². The Hall–Kier alpha value is -1.86. The van der Waals surface area contributed by atoms with Crippen LogP contribution in [-0.2, 0) is 16.1 Å². The van der Waals surface area contributed by atoms with Crippen molar-refractivity contribution in [2.45, 2.75) is 6.61 Å². The molecule has 8 heteroatoms. The standard InChI is InChI=1S/C17H21N3O3.2ClH/c1-22-10-9-18-12-17(21)20-14-6-4-7-16(11-14)23-13-15-5-2-3-8-19-15;;/h2-8,11,18H,9-10,12-13H2,1H3,(H,20,21);2*1H. The highest BCUT2D eigenvalue weighted by atomic mass is 35.5. The molecule has 138 valence electrons. The number of rotatable bonds is 9. The fourth-order valence-corrected chi connectivity index (χ4v) is 1.89. The van der Waals surface area contributed by atoms with E-state index in [0.717, 1.165) is 5.69 Å². The molecule has 2 N–H and O–H groups in total. The summed E-state index contributed by atoms with van der Waals surface area (Å²) in [5, 5.41) is 5.81. The third-order valence-corrected chi connectivity index (χ3v) is 3.00. The van der Waals surface area contributed by atoms with Gasteiger partial charge in [0.2, 0.25) is 5.91 Å². The minimum absolute atomic E-state index is 0. The number of aromatic nitrogens is 1. The van der Waals surface area contributed by atoms with E-state index in [1.807, 2.05) is 36.4 Å². The fraction of sp³-hybridized carbons (Fsp3) is 0.294. The Bertz CT molecular complexity index is 615. The number of carbonyl (C=O) groups is 1. The maximum absolute atomic E-state index is 11.8. The number of anilines is 1. The molecule has 0 atom stereocenters. The second-order valence-electron chi connectivity index (χ2n) is 4.86. The Morgan fingerprint density at radius 2 is 2.00 bits per heavy atom. The summed E-state index contributed by atoms with van der Waals surface area (Å²) in [6.45, 7) is 1.83. The summed E-state index contributed by atoms with van der Waals surface area (Å²) in [5.41, 5.74) is 1.55. The van der Waals surface area contributed by atoms with Crippen molar-refractivity contribution in [2.75, 3.05) is 32.1 Å². The zero-order valence-electron chi connectivity index (χ0n) is 13.9. The van der Waals surface area contributed by atoms with Crippen LogP contribution < -0.4 is 15.4 Å². The third kappa shape index (κ3) is 9.26. The normalized spacial score (nSPS) is 9.48. The molecule has 0 radical (unpaired) electrons. The molecule has 0 unspecified atom stereocenters. The summed E-state index contributed by atoms with van der Waals surface area (Å²) in [5.74, 6) is 0.573. The van der Waals surface area contributed by atoms with Crippen molar-refractivity contribution < 1.29 is 14.3 Å². The number of pyridine rings is 1. The monoisotopic (exact) mass is 387 g/mol. The van der Waals surface area contributed by atoms with Gasteiger partial charge in [0.15, 0.2) is 0 Å². The lowest BCUT2D eigenvalue weighted by atomic mass is 10.3. The number of methoxy groups -OCH3 is 1. The molecule has 0 spiro atoms. The highest BCUT2D eigenvalue weighted by Crippen LogP contribution is 2.18. The number of carbonyl (C=O) groups excluding carboxylic acids is 1. The summed E-state index contributed by atoms with van der Waals surface area (Å²) in [6, 6.07) is 13.0. The van der Waals surface area contributed by atoms with Crippen molar-refractivity contribution in [3.8, 4) is 5.75 Å². The Morgan fingerprint density at radius 3 is 2.72 bits per heavy atom. The molecule has 0 aliphatic rings. The van der Waals surface area contributed by atoms with Crippen LogP contribution in [0.3, 0.4) is 0 Å². The lowest BCUT2D eigenvalue weighted by Crippen LogP contribution is -2.30. The molecular weight excluding hydrogens is 365 g/mol. The molecule has 0 bridgehead atoms. The van der Waals surface area contributed by atoms with E-state index in [-0.39, 0.29) is 37.3 Å². The van der Waals surface area contributed by atoms with E-state index in [9.17, 15) is 4.79 Å². The first kappa shape index (κ1) is 23.1. The van der Waals surface area contributed by atoms with E-state index in [4.69, 9.17) is 9.47 Å². The van der Waals surface area contributed by atoms with Crippen LogP contribution in [0.2, 0.25) is 0 Å². The van der Waals surface area contributed by atoms with Crippen LogP contribution in [0.25, 0.3) is 0 Å². The van der Waals surface area contributed by atoms with Crippen molar-refractivity contribution >= 4 is 36.4 Å². The number of nitrogens with one attached hydrogen (secondary N) is 2. The summed E-state index contributed by atoms with van der Waals surface area (Å²) < 4.78 is 10.6. The molecule has 0 aliphatic carbocycles. The number of hydrogen-bond acceptors (Lipinski definition) is 5. The molecular formula is C17H23Cl2N3O3. The zero-order chi connectivity index (χ0) is 16.3. The Labute approximate surface area is 160 Å². The fourth-order valence-electron chi connectivity index (χ4n) is 1.89. The second-order valence-corrected chi connectivity index (χ2v) is 4.86. The van der Waals surface area contributed by atoms with Gasteiger partial charge in [-0.15, -0.1) is 24.8 Å². The predicted octanol–water partition coefficient (Wildman–Crippen LogP) is 2.68. The number of ether oxygens (including phenoxy) is 2. The first-order valence-electron chi connectivity index (χ1n) is 7.40. The van der Waals surface area contributed by atoms with Gasteiger partial charge < -0.3 is 20.1 Å². The van der Waals surface area contributed by atoms with Crippen LogP contribution in [0, 0.1) is 0 Å². The average molecular weight is 388 g/mol. The van der Waals surface area contributed by atoms with E-state index < -0.39 is 0 Å². The van der Waals surface area contributed by atoms with E-state index >= 15 is 0 Å². The molecule has 2 rings (SSSR count). The highest BCUT2D eigenvalue weighted by molar-refractivity contribution is 5.92. The highest BCUT2D eigenvalue weighted by Gasteiger charge is 2.03. The minimum Gasteiger partial charge on any atom is -0.487 e. The minimum atomic E-state index is -0.108. The lowest BCUT2D eigenvalue weighted by molar-refractivity contribution is -0.115. The van der Waals surface area contributed by atoms with Gasteiger partial charge in [0, 0.05) is 31.6 Å². The van der Waals surface area contributed by atoms with Gasteiger partial charge >= 0.3 is 0 Å². The Kier molecular flexibility index (Phi) is 12.4. The van der Waals surface area contributed by atoms with Crippen LogP contribution in [0.4, 0.5) is 5.69 Å². The van der Waals surface area contributed by atoms with E-state index in [0.29, 0.717) is 31.2 Å². The summed E-state index contributed by atoms with van der Waals surface area (Å²) >= 11 is 0. The van der Waals surface area contributed by atoms with Crippen LogP contribution in [0.5, 0.6) is 5.75 Å². The maximum Gasteiger partial charge on any atom is 0.238 e. The number of halogens is 2. The third-order valence-electron chi connectivity index (χ3n) is 3.00. The molecule has 0 aliphatic heterocycles. The van der Waals surface area contributed by atoms with Gasteiger partial charge in [0.25, 0.3) is 0 Å². The average Bonchev–Trinajstić information content (AvgIpc) is 2.58. The van der Waals surface area contributed by atoms with Crippen LogP contribution in [-0.4, -0.2) is 37.7 Å². The first-order valence-corrected chi connectivity index (χ1v) is 7.40. The molecule has 1 heterocycles. The summed E-state index contributed by atoms with van der Waals surface area (Å²) in [7, 11) is 1.62. The topological polar surface area (TPSA) is 72.5 Å². The largest absolute Gasteiger partial charge is 0.487 e. The lowest BCUT2D eigenvalue weighted by Gasteiger charge is -2.09. The van der Waals surface area contributed by atoms with Crippen molar-refractivity contribution in [1.29, 1.82) is 0 Å². The molecule has 1 amide bonds. The van der Waals surface area contributed by atoms with Crippen molar-refractivity contribution in [3.05, 3.63) is 54.4 Å². The molecule has 0 fully saturated rings. The van der Waals surface area contributed by atoms with E-state index in [1.165, 1.54) is 0 Å². The van der Waals surface area contributed by atoms with Crippen molar-refractivity contribution in [3.63, 3.8) is 0 Å². The predicted molar refractivity (Wildman–Crippen MR) is 103 cm³/mol. The Morgan fingerprint density at radius 1 is 1.16 bits per heavy atom. The number of nitrogens with zero attached hydrogens (tertiary/aromatic N) is 1. The second kappa shape index (κ2) is 13.4. The molecule has 0 saturated heterocycles. The van der Waals surface area contributed by atoms with E-state index in [2.05, 4.69) is 15.6 Å².